The molecule has 4 rings (SSSR count). The lowest BCUT2D eigenvalue weighted by atomic mass is 9.60. The van der Waals surface area contributed by atoms with Crippen molar-refractivity contribution >= 4 is 22.6 Å². The number of fused-ring (bicyclic) bond motifs is 1. The van der Waals surface area contributed by atoms with Crippen molar-refractivity contribution in [1.82, 2.24) is 0 Å². The Kier molecular flexibility index (Phi) is 1.93. The Morgan fingerprint density at radius 2 is 1.93 bits per heavy atom. The van der Waals surface area contributed by atoms with E-state index in [0.717, 1.165) is 11.0 Å². The summed E-state index contributed by atoms with van der Waals surface area (Å²) in [5.41, 5.74) is 2.07. The Hall–Kier alpha value is -0.0900. The lowest BCUT2D eigenvalue weighted by Gasteiger charge is -2.44. The number of ether oxygens (including phenoxy) is 1. The predicted octanol–water partition coefficient (Wildman–Crippen LogP) is 2.92. The van der Waals surface area contributed by atoms with Gasteiger partial charge in [0, 0.05) is 9.84 Å². The van der Waals surface area contributed by atoms with E-state index in [1.54, 1.807) is 0 Å². The molecule has 1 saturated carbocycles. The van der Waals surface area contributed by atoms with Crippen LogP contribution in [-0.2, 0) is 10.2 Å². The van der Waals surface area contributed by atoms with Crippen molar-refractivity contribution in [2.45, 2.75) is 23.9 Å². The Balaban J connectivity index is 1.90. The van der Waals surface area contributed by atoms with Gasteiger partial charge < -0.3 is 4.74 Å². The van der Waals surface area contributed by atoms with Gasteiger partial charge in [-0.1, -0.05) is 52.9 Å². The van der Waals surface area contributed by atoms with Crippen LogP contribution >= 0.6 is 22.6 Å². The van der Waals surface area contributed by atoms with Crippen LogP contribution in [0.2, 0.25) is 0 Å². The van der Waals surface area contributed by atoms with E-state index in [1.807, 2.05) is 0 Å². The summed E-state index contributed by atoms with van der Waals surface area (Å²) in [6.07, 6.45) is 2.46. The quantitative estimate of drug-likeness (QED) is 0.603. The summed E-state index contributed by atoms with van der Waals surface area (Å²) in [6, 6.07) is 10.8. The topological polar surface area (TPSA) is 9.23 Å². The first-order valence-corrected chi connectivity index (χ1v) is 6.57. The minimum Gasteiger partial charge on any atom is -0.373 e. The maximum Gasteiger partial charge on any atom is 0.0790 e. The van der Waals surface area contributed by atoms with E-state index in [-0.39, 0.29) is 5.60 Å². The number of hydrogen-bond donors (Lipinski definition) is 0. The lowest BCUT2D eigenvalue weighted by Crippen LogP contribution is -2.48. The van der Waals surface area contributed by atoms with Gasteiger partial charge in [0.2, 0.25) is 0 Å². The normalized spacial score (nSPS) is 39.5. The van der Waals surface area contributed by atoms with E-state index < -0.39 is 0 Å². The van der Waals surface area contributed by atoms with Gasteiger partial charge in [0.15, 0.2) is 0 Å². The minimum atomic E-state index is 0.233. The summed E-state index contributed by atoms with van der Waals surface area (Å²) in [7, 11) is 0. The van der Waals surface area contributed by atoms with Gasteiger partial charge in [-0.2, -0.15) is 0 Å². The van der Waals surface area contributed by atoms with Gasteiger partial charge in [-0.15, -0.1) is 0 Å². The summed E-state index contributed by atoms with van der Waals surface area (Å²) >= 11 is 2.45. The second kappa shape index (κ2) is 2.95. The number of alkyl halides is 1. The summed E-state index contributed by atoms with van der Waals surface area (Å²) in [5.74, 6) is 0. The molecule has 2 heterocycles. The largest absolute Gasteiger partial charge is 0.373 e. The Morgan fingerprint density at radius 1 is 1.21 bits per heavy atom. The zero-order valence-electron chi connectivity index (χ0n) is 8.00. The van der Waals surface area contributed by atoms with Crippen LogP contribution in [0.5, 0.6) is 0 Å². The van der Waals surface area contributed by atoms with E-state index in [2.05, 4.69) is 52.9 Å². The van der Waals surface area contributed by atoms with E-state index in [1.165, 1.54) is 18.4 Å². The highest BCUT2D eigenvalue weighted by Gasteiger charge is 2.62. The molecule has 1 nitrogen and oxygen atoms in total. The highest BCUT2D eigenvalue weighted by molar-refractivity contribution is 14.1. The van der Waals surface area contributed by atoms with Gasteiger partial charge >= 0.3 is 0 Å². The van der Waals surface area contributed by atoms with Gasteiger partial charge in [0.25, 0.3) is 0 Å². The Labute approximate surface area is 98.0 Å². The first kappa shape index (κ1) is 9.16. The molecule has 14 heavy (non-hydrogen) atoms. The molecule has 0 radical (unpaired) electrons. The van der Waals surface area contributed by atoms with Crippen LogP contribution in [0.15, 0.2) is 30.3 Å². The SMILES string of the molecule is ICC12CC(c3ccccc3)(CO1)C2. The molecule has 2 saturated heterocycles. The van der Waals surface area contributed by atoms with Crippen LogP contribution in [-0.4, -0.2) is 16.6 Å². The van der Waals surface area contributed by atoms with Crippen molar-refractivity contribution < 1.29 is 4.74 Å². The first-order valence-electron chi connectivity index (χ1n) is 5.04. The zero-order chi connectivity index (χ0) is 9.65. The maximum absolute atomic E-state index is 5.91. The molecule has 74 valence electrons. The molecule has 0 amide bonds. The summed E-state index contributed by atoms with van der Waals surface area (Å²) < 4.78 is 7.05. The second-order valence-corrected chi connectivity index (χ2v) is 5.37. The second-order valence-electron chi connectivity index (χ2n) is 4.61. The first-order chi connectivity index (χ1) is 6.79. The molecule has 1 aromatic rings. The third kappa shape index (κ3) is 1.10. The van der Waals surface area contributed by atoms with Crippen LogP contribution in [0.25, 0.3) is 0 Å². The van der Waals surface area contributed by atoms with Crippen molar-refractivity contribution in [2.75, 3.05) is 11.0 Å². The number of hydrogen-bond acceptors (Lipinski definition) is 1. The molecule has 1 aliphatic carbocycles. The summed E-state index contributed by atoms with van der Waals surface area (Å²) in [5, 5.41) is 0. The molecule has 0 aromatic heterocycles. The lowest BCUT2D eigenvalue weighted by molar-refractivity contribution is 0.0234. The van der Waals surface area contributed by atoms with Gasteiger partial charge in [-0.25, -0.2) is 0 Å². The molecule has 2 heteroatoms. The molecule has 0 spiro atoms. The zero-order valence-corrected chi connectivity index (χ0v) is 10.2. The molecule has 0 N–H and O–H groups in total. The molecule has 1 aromatic carbocycles. The Bertz CT molecular complexity index is 341. The van der Waals surface area contributed by atoms with E-state index in [0.29, 0.717) is 5.41 Å². The van der Waals surface area contributed by atoms with Crippen molar-refractivity contribution in [3.8, 4) is 0 Å². The number of halogens is 1. The van der Waals surface area contributed by atoms with Gasteiger partial charge in [-0.3, -0.25) is 0 Å². The monoisotopic (exact) mass is 300 g/mol. The average molecular weight is 300 g/mol. The maximum atomic E-state index is 5.91. The van der Waals surface area contributed by atoms with Crippen LogP contribution < -0.4 is 0 Å². The Morgan fingerprint density at radius 3 is 2.50 bits per heavy atom. The van der Waals surface area contributed by atoms with E-state index in [9.17, 15) is 0 Å². The van der Waals surface area contributed by atoms with Gasteiger partial charge in [-0.05, 0) is 18.4 Å². The van der Waals surface area contributed by atoms with Gasteiger partial charge in [0.1, 0.15) is 0 Å². The number of benzene rings is 1. The fraction of sp³-hybridized carbons (Fsp3) is 0.500. The highest BCUT2D eigenvalue weighted by atomic mass is 127. The van der Waals surface area contributed by atoms with Crippen molar-refractivity contribution in [3.05, 3.63) is 35.9 Å². The van der Waals surface area contributed by atoms with E-state index in [4.69, 9.17) is 4.74 Å². The van der Waals surface area contributed by atoms with Crippen LogP contribution in [0.3, 0.4) is 0 Å². The fourth-order valence-electron chi connectivity index (χ4n) is 2.89. The van der Waals surface area contributed by atoms with Crippen LogP contribution in [0, 0.1) is 0 Å². The standard InChI is InChI=1S/C12H13IO/c13-8-12-6-11(7-12,9-14-12)10-4-2-1-3-5-10/h1-5H,6-9H2. The fourth-order valence-corrected chi connectivity index (χ4v) is 3.65. The molecule has 0 unspecified atom stereocenters. The summed E-state index contributed by atoms with van der Waals surface area (Å²) in [4.78, 5) is 0. The summed E-state index contributed by atoms with van der Waals surface area (Å²) in [6.45, 7) is 0.931. The van der Waals surface area contributed by atoms with Crippen molar-refractivity contribution in [2.24, 2.45) is 0 Å². The molecular weight excluding hydrogens is 287 g/mol. The van der Waals surface area contributed by atoms with E-state index >= 15 is 0 Å². The molecule has 3 fully saturated rings. The highest BCUT2D eigenvalue weighted by Crippen LogP contribution is 2.59. The van der Waals surface area contributed by atoms with Gasteiger partial charge in [0.05, 0.1) is 12.2 Å². The molecule has 2 aliphatic heterocycles. The third-order valence-corrected chi connectivity index (χ3v) is 5.00. The van der Waals surface area contributed by atoms with Crippen LogP contribution in [0.1, 0.15) is 18.4 Å². The molecule has 2 bridgehead atoms. The van der Waals surface area contributed by atoms with Crippen molar-refractivity contribution in [1.29, 1.82) is 0 Å². The van der Waals surface area contributed by atoms with Crippen LogP contribution in [0.4, 0.5) is 0 Å². The average Bonchev–Trinajstić information content (AvgIpc) is 2.74. The molecular formula is C12H13IO. The third-order valence-electron chi connectivity index (χ3n) is 3.61. The smallest absolute Gasteiger partial charge is 0.0790 e. The number of rotatable bonds is 2. The molecule has 3 aliphatic rings. The van der Waals surface area contributed by atoms with Crippen molar-refractivity contribution in [3.63, 3.8) is 0 Å². The predicted molar refractivity (Wildman–Crippen MR) is 64.9 cm³/mol. The minimum absolute atomic E-state index is 0.233. The molecule has 0 atom stereocenters.